The van der Waals surface area contributed by atoms with Crippen LogP contribution in [0, 0.1) is 0 Å². The Morgan fingerprint density at radius 3 is 1.42 bits per heavy atom. The van der Waals surface area contributed by atoms with Gasteiger partial charge < -0.3 is 9.32 Å². The number of furan rings is 1. The molecule has 2 nitrogen and oxygen atoms in total. The maximum atomic E-state index is 6.60. The van der Waals surface area contributed by atoms with Crippen LogP contribution in [0.4, 0.5) is 17.1 Å². The lowest BCUT2D eigenvalue weighted by Crippen LogP contribution is -2.27. The third-order valence-corrected chi connectivity index (χ3v) is 16.2. The molecule has 14 rings (SSSR count). The van der Waals surface area contributed by atoms with Crippen molar-refractivity contribution < 1.29 is 4.42 Å². The van der Waals surface area contributed by atoms with E-state index in [-0.39, 0.29) is 10.8 Å². The van der Waals surface area contributed by atoms with Crippen molar-refractivity contribution in [2.75, 3.05) is 4.90 Å². The van der Waals surface area contributed by atoms with E-state index in [1.54, 1.807) is 0 Å². The van der Waals surface area contributed by atoms with Crippen molar-refractivity contribution in [2.24, 2.45) is 0 Å². The molecule has 0 bridgehead atoms. The fraction of sp³-hybridized carbons (Fsp3) is 0.127. The zero-order chi connectivity index (χ0) is 49.4. The van der Waals surface area contributed by atoms with E-state index >= 15 is 0 Å². The van der Waals surface area contributed by atoms with E-state index in [0.717, 1.165) is 39.0 Å². The fourth-order valence-corrected chi connectivity index (χ4v) is 12.3. The second-order valence-electron chi connectivity index (χ2n) is 22.5. The van der Waals surface area contributed by atoms with Gasteiger partial charge in [-0.25, -0.2) is 0 Å². The molecule has 350 valence electrons. The van der Waals surface area contributed by atoms with Gasteiger partial charge in [0.1, 0.15) is 11.2 Å². The summed E-state index contributed by atoms with van der Waals surface area (Å²) in [5.74, 6) is 0. The SMILES string of the molecule is CC(C)(C)c1ccc2c(c1)C1(c3ccccc3-c3ccc(N(c4ccc(-c5ccc6cc(-c7ccc8ccccc8c7)ccc6c5)cc4)c4ccc5c(c4)oc4ccccc45)cc31)c1cc(C(C)(C)C)ccc1-2. The number of nitrogens with zero attached hydrogens (tertiary/aromatic N) is 1. The van der Waals surface area contributed by atoms with Crippen LogP contribution in [-0.4, -0.2) is 0 Å². The highest BCUT2D eigenvalue weighted by Gasteiger charge is 2.52. The van der Waals surface area contributed by atoms with Crippen LogP contribution in [0.5, 0.6) is 0 Å². The summed E-state index contributed by atoms with van der Waals surface area (Å²) in [6.07, 6.45) is 0. The lowest BCUT2D eigenvalue weighted by Gasteiger charge is -2.34. The highest BCUT2D eigenvalue weighted by molar-refractivity contribution is 6.06. The van der Waals surface area contributed by atoms with Crippen molar-refractivity contribution in [3.05, 3.63) is 258 Å². The Morgan fingerprint density at radius 1 is 0.315 bits per heavy atom. The molecule has 2 aliphatic carbocycles. The van der Waals surface area contributed by atoms with Gasteiger partial charge in [-0.05, 0) is 171 Å². The normalized spacial score (nSPS) is 13.5. The Morgan fingerprint density at radius 2 is 0.767 bits per heavy atom. The van der Waals surface area contributed by atoms with Gasteiger partial charge in [-0.3, -0.25) is 0 Å². The van der Waals surface area contributed by atoms with Gasteiger partial charge in [0.15, 0.2) is 0 Å². The van der Waals surface area contributed by atoms with Crippen LogP contribution >= 0.6 is 0 Å². The van der Waals surface area contributed by atoms with E-state index in [4.69, 9.17) is 4.42 Å². The Kier molecular flexibility index (Phi) is 9.36. The molecule has 2 heteroatoms. The summed E-state index contributed by atoms with van der Waals surface area (Å²) < 4.78 is 6.60. The third-order valence-electron chi connectivity index (χ3n) is 16.2. The van der Waals surface area contributed by atoms with Gasteiger partial charge in [-0.15, -0.1) is 0 Å². The molecule has 73 heavy (non-hydrogen) atoms. The van der Waals surface area contributed by atoms with Gasteiger partial charge >= 0.3 is 0 Å². The third kappa shape index (κ3) is 6.70. The molecule has 0 fully saturated rings. The molecule has 1 heterocycles. The van der Waals surface area contributed by atoms with Crippen LogP contribution in [-0.2, 0) is 16.2 Å². The summed E-state index contributed by atoms with van der Waals surface area (Å²) in [5, 5.41) is 7.21. The molecule has 12 aromatic rings. The van der Waals surface area contributed by atoms with E-state index in [1.165, 1.54) is 99.4 Å². The average Bonchev–Trinajstić information content (AvgIpc) is 4.04. The second-order valence-corrected chi connectivity index (χ2v) is 22.5. The Hall–Kier alpha value is -8.46. The quantitative estimate of drug-likeness (QED) is 0.171. The van der Waals surface area contributed by atoms with Crippen molar-refractivity contribution in [3.8, 4) is 44.5 Å². The number of benzene rings is 11. The summed E-state index contributed by atoms with van der Waals surface area (Å²) in [7, 11) is 0. The molecule has 0 amide bonds. The largest absolute Gasteiger partial charge is 0.456 e. The summed E-state index contributed by atoms with van der Waals surface area (Å²) in [6, 6.07) is 84.2. The maximum absolute atomic E-state index is 6.60. The monoisotopic (exact) mass is 937 g/mol. The Labute approximate surface area is 427 Å². The topological polar surface area (TPSA) is 16.4 Å². The first kappa shape index (κ1) is 43.3. The Balaban J connectivity index is 0.929. The minimum atomic E-state index is -0.528. The smallest absolute Gasteiger partial charge is 0.137 e. The molecule has 0 radical (unpaired) electrons. The number of hydrogen-bond acceptors (Lipinski definition) is 2. The van der Waals surface area contributed by atoms with E-state index in [9.17, 15) is 0 Å². The van der Waals surface area contributed by atoms with Gasteiger partial charge in [0.25, 0.3) is 0 Å². The summed E-state index contributed by atoms with van der Waals surface area (Å²) in [5.41, 5.74) is 22.5. The van der Waals surface area contributed by atoms with Crippen molar-refractivity contribution in [1.29, 1.82) is 0 Å². The molecular formula is C71H55NO. The predicted molar refractivity (Wildman–Crippen MR) is 308 cm³/mol. The van der Waals surface area contributed by atoms with Crippen LogP contribution < -0.4 is 4.90 Å². The highest BCUT2D eigenvalue weighted by atomic mass is 16.3. The standard InChI is InChI=1S/C71H55NO/c1-69(2,3)52-27-33-58-59-34-28-53(70(4,5)6)41-65(59)71(64(58)40-52)63-17-11-9-15-57(63)60-35-31-55(42-66(60)71)72(56-32-36-62-61-16-10-12-18-67(61)73-68(62)43-56)54-29-25-45(26-30-54)47-21-22-50-39-51(24-23-49(50)38-47)48-20-19-44-13-7-8-14-46(44)37-48/h7-43H,1-6H3. The minimum Gasteiger partial charge on any atom is -0.456 e. The van der Waals surface area contributed by atoms with Crippen molar-refractivity contribution in [2.45, 2.75) is 57.8 Å². The predicted octanol–water partition coefficient (Wildman–Crippen LogP) is 19.6. The van der Waals surface area contributed by atoms with Crippen LogP contribution in [0.3, 0.4) is 0 Å². The van der Waals surface area contributed by atoms with Gasteiger partial charge in [0, 0.05) is 33.9 Å². The summed E-state index contributed by atoms with van der Waals surface area (Å²) in [4.78, 5) is 2.43. The number of hydrogen-bond donors (Lipinski definition) is 0. The number of anilines is 3. The highest BCUT2D eigenvalue weighted by Crippen LogP contribution is 2.64. The number of para-hydroxylation sites is 1. The van der Waals surface area contributed by atoms with Crippen LogP contribution in [0.1, 0.15) is 74.9 Å². The molecular weight excluding hydrogens is 883 g/mol. The van der Waals surface area contributed by atoms with E-state index in [1.807, 2.05) is 6.07 Å². The molecule has 0 atom stereocenters. The lowest BCUT2D eigenvalue weighted by molar-refractivity contribution is 0.586. The van der Waals surface area contributed by atoms with Gasteiger partial charge in [0.2, 0.25) is 0 Å². The Bertz CT molecular complexity index is 4170. The maximum Gasteiger partial charge on any atom is 0.137 e. The van der Waals surface area contributed by atoms with E-state index < -0.39 is 5.41 Å². The average molecular weight is 938 g/mol. The summed E-state index contributed by atoms with van der Waals surface area (Å²) >= 11 is 0. The molecule has 2 aliphatic rings. The molecule has 1 spiro atoms. The molecule has 0 aliphatic heterocycles. The zero-order valence-electron chi connectivity index (χ0n) is 42.2. The van der Waals surface area contributed by atoms with E-state index in [0.29, 0.717) is 0 Å². The lowest BCUT2D eigenvalue weighted by atomic mass is 9.68. The van der Waals surface area contributed by atoms with Crippen molar-refractivity contribution in [1.82, 2.24) is 0 Å². The first-order valence-electron chi connectivity index (χ1n) is 25.8. The van der Waals surface area contributed by atoms with Gasteiger partial charge in [0.05, 0.1) is 5.41 Å². The van der Waals surface area contributed by atoms with Crippen LogP contribution in [0.25, 0.3) is 88.0 Å². The van der Waals surface area contributed by atoms with Crippen molar-refractivity contribution >= 4 is 60.5 Å². The van der Waals surface area contributed by atoms with E-state index in [2.05, 4.69) is 265 Å². The number of rotatable bonds is 5. The minimum absolute atomic E-state index is 0.0303. The molecule has 0 N–H and O–H groups in total. The second kappa shape index (κ2) is 15.8. The molecule has 11 aromatic carbocycles. The fourth-order valence-electron chi connectivity index (χ4n) is 12.3. The van der Waals surface area contributed by atoms with Gasteiger partial charge in [-0.2, -0.15) is 0 Å². The van der Waals surface area contributed by atoms with Crippen molar-refractivity contribution in [3.63, 3.8) is 0 Å². The molecule has 1 aromatic heterocycles. The first-order chi connectivity index (χ1) is 35.4. The molecule has 0 unspecified atom stereocenters. The number of fused-ring (bicyclic) bond motifs is 15. The van der Waals surface area contributed by atoms with Crippen LogP contribution in [0.2, 0.25) is 0 Å². The molecule has 0 saturated carbocycles. The first-order valence-corrected chi connectivity index (χ1v) is 25.8. The van der Waals surface area contributed by atoms with Crippen LogP contribution in [0.15, 0.2) is 229 Å². The summed E-state index contributed by atoms with van der Waals surface area (Å²) in [6.45, 7) is 14.0. The zero-order valence-corrected chi connectivity index (χ0v) is 42.2. The van der Waals surface area contributed by atoms with Gasteiger partial charge in [-0.1, -0.05) is 199 Å². The molecule has 0 saturated heterocycles.